The van der Waals surface area contributed by atoms with E-state index in [1.54, 1.807) is 48.5 Å². The normalized spacial score (nSPS) is 22.4. The number of alkyl carbamates (subject to hydrolysis) is 1. The van der Waals surface area contributed by atoms with Gasteiger partial charge in [-0.1, -0.05) is 30.3 Å². The smallest absolute Gasteiger partial charge is 0.407 e. The van der Waals surface area contributed by atoms with Crippen LogP contribution >= 0.6 is 0 Å². The Kier molecular flexibility index (Phi) is 9.34. The number of hydrogen-bond acceptors (Lipinski definition) is 7. The van der Waals surface area contributed by atoms with Crippen molar-refractivity contribution >= 4 is 21.6 Å². The van der Waals surface area contributed by atoms with Crippen LogP contribution in [0.5, 0.6) is 0 Å². The summed E-state index contributed by atoms with van der Waals surface area (Å²) in [6.45, 7) is 4.45. The molecule has 2 saturated heterocycles. The van der Waals surface area contributed by atoms with Crippen LogP contribution < -0.4 is 10.2 Å². The number of sulfone groups is 1. The predicted octanol–water partition coefficient (Wildman–Crippen LogP) is 5.79. The first kappa shape index (κ1) is 32.0. The monoisotopic (exact) mass is 644 g/mol. The second kappa shape index (κ2) is 13.4. The summed E-state index contributed by atoms with van der Waals surface area (Å²) in [6, 6.07) is 24.7. The summed E-state index contributed by atoms with van der Waals surface area (Å²) in [4.78, 5) is 17.5. The molecule has 0 aromatic heterocycles. The van der Waals surface area contributed by atoms with Crippen LogP contribution in [0.25, 0.3) is 0 Å². The molecule has 46 heavy (non-hydrogen) atoms. The number of likely N-dealkylation sites (tertiary alicyclic amines) is 1. The summed E-state index contributed by atoms with van der Waals surface area (Å²) in [5.41, 5.74) is 0.751. The summed E-state index contributed by atoms with van der Waals surface area (Å²) in [5, 5.41) is 13.4. The predicted molar refractivity (Wildman–Crippen MR) is 174 cm³/mol. The fraction of sp³-hybridized carbons (Fsp3) is 0.444. The molecule has 1 unspecified atom stereocenters. The van der Waals surface area contributed by atoms with Gasteiger partial charge in [-0.15, -0.1) is 0 Å². The minimum Gasteiger partial charge on any atom is -0.446 e. The molecule has 3 atom stereocenters. The van der Waals surface area contributed by atoms with E-state index in [2.05, 4.69) is 21.2 Å². The molecule has 3 aliphatic rings. The highest BCUT2D eigenvalue weighted by atomic mass is 32.2. The van der Waals surface area contributed by atoms with Gasteiger partial charge in [0.25, 0.3) is 0 Å². The van der Waals surface area contributed by atoms with E-state index >= 15 is 0 Å². The number of carbonyl (C=O) groups is 1. The molecule has 0 bridgehead atoms. The van der Waals surface area contributed by atoms with Gasteiger partial charge in [0.2, 0.25) is 9.84 Å². The van der Waals surface area contributed by atoms with Crippen molar-refractivity contribution in [3.63, 3.8) is 0 Å². The van der Waals surface area contributed by atoms with Crippen molar-refractivity contribution in [2.24, 2.45) is 17.8 Å². The number of piperidine rings is 1. The molecule has 2 aliphatic heterocycles. The van der Waals surface area contributed by atoms with Gasteiger partial charge in [-0.05, 0) is 105 Å². The number of rotatable bonds is 9. The van der Waals surface area contributed by atoms with Crippen LogP contribution in [0, 0.1) is 34.9 Å². The van der Waals surface area contributed by atoms with Crippen LogP contribution in [0.3, 0.4) is 0 Å². The maximum atomic E-state index is 14.6. The number of amides is 1. The summed E-state index contributed by atoms with van der Waals surface area (Å²) < 4.78 is 46.2. The quantitative estimate of drug-likeness (QED) is 0.315. The number of hydrogen-bond donors (Lipinski definition) is 1. The number of nitrogens with zero attached hydrogens (tertiary/aromatic N) is 3. The largest absolute Gasteiger partial charge is 0.446 e. The van der Waals surface area contributed by atoms with Crippen LogP contribution in [0.2, 0.25) is 0 Å². The molecule has 3 aromatic rings. The average Bonchev–Trinajstić information content (AvgIpc) is 3.52. The third kappa shape index (κ3) is 6.23. The van der Waals surface area contributed by atoms with Gasteiger partial charge in [-0.3, -0.25) is 0 Å². The number of halogens is 1. The van der Waals surface area contributed by atoms with Crippen molar-refractivity contribution in [3.8, 4) is 6.07 Å². The number of carbonyl (C=O) groups excluding carboxylic acids is 1. The maximum Gasteiger partial charge on any atom is 0.407 e. The summed E-state index contributed by atoms with van der Waals surface area (Å²) in [7, 11) is -2.01. The van der Waals surface area contributed by atoms with E-state index in [4.69, 9.17) is 4.74 Å². The zero-order valence-corrected chi connectivity index (χ0v) is 27.0. The molecular weight excluding hydrogens is 603 g/mol. The number of nitrogens with one attached hydrogen (secondary N) is 1. The van der Waals surface area contributed by atoms with Gasteiger partial charge in [0, 0.05) is 44.2 Å². The van der Waals surface area contributed by atoms with Crippen LogP contribution in [0.1, 0.15) is 37.7 Å². The van der Waals surface area contributed by atoms with Crippen LogP contribution in [-0.4, -0.2) is 65.3 Å². The first-order valence-corrected chi connectivity index (χ1v) is 17.7. The van der Waals surface area contributed by atoms with Gasteiger partial charge in [0.15, 0.2) is 0 Å². The van der Waals surface area contributed by atoms with E-state index in [0.717, 1.165) is 64.1 Å². The fourth-order valence-electron chi connectivity index (χ4n) is 7.93. The standard InChI is InChI=1S/C36H41FN4O4S/c1-39-35(42)45-34-12-6-11-33(34)36(25-38,28-7-5-8-29(37)21-28)27-17-19-40(20-18-27)22-26-23-41(24-26)30-13-15-32(16-14-30)46(43,44)31-9-3-2-4-10-31/h2-5,7-10,13-16,21,26-27,33-34H,6,11-12,17-20,22-24H2,1H3,(H,39,42)/t33-,34?,36+/m0/s1. The lowest BCUT2D eigenvalue weighted by Gasteiger charge is -2.47. The number of ether oxygens (including phenoxy) is 1. The highest BCUT2D eigenvalue weighted by molar-refractivity contribution is 7.91. The molecule has 10 heteroatoms. The number of anilines is 1. The molecule has 3 aromatic carbocycles. The van der Waals surface area contributed by atoms with E-state index in [0.29, 0.717) is 22.8 Å². The lowest BCUT2D eigenvalue weighted by atomic mass is 9.59. The van der Waals surface area contributed by atoms with Crippen LogP contribution in [0.4, 0.5) is 14.9 Å². The zero-order chi connectivity index (χ0) is 32.3. The molecule has 2 heterocycles. The molecule has 1 amide bonds. The Morgan fingerprint density at radius 2 is 1.67 bits per heavy atom. The molecule has 6 rings (SSSR count). The molecule has 8 nitrogen and oxygen atoms in total. The second-order valence-corrected chi connectivity index (χ2v) is 14.8. The average molecular weight is 645 g/mol. The van der Waals surface area contributed by atoms with E-state index < -0.39 is 27.4 Å². The minimum absolute atomic E-state index is 0.0120. The fourth-order valence-corrected chi connectivity index (χ4v) is 9.21. The van der Waals surface area contributed by atoms with Crippen molar-refractivity contribution in [2.75, 3.05) is 44.7 Å². The maximum absolute atomic E-state index is 14.6. The Balaban J connectivity index is 1.08. The third-order valence-electron chi connectivity index (χ3n) is 10.3. The van der Waals surface area contributed by atoms with Gasteiger partial charge in [0.1, 0.15) is 11.9 Å². The molecule has 3 fully saturated rings. The molecule has 242 valence electrons. The Morgan fingerprint density at radius 3 is 2.33 bits per heavy atom. The van der Waals surface area contributed by atoms with E-state index in [1.807, 2.05) is 18.2 Å². The van der Waals surface area contributed by atoms with Crippen LogP contribution in [0.15, 0.2) is 88.7 Å². The van der Waals surface area contributed by atoms with Gasteiger partial charge >= 0.3 is 6.09 Å². The van der Waals surface area contributed by atoms with Crippen molar-refractivity contribution in [3.05, 3.63) is 90.2 Å². The van der Waals surface area contributed by atoms with Gasteiger partial charge < -0.3 is 19.9 Å². The highest BCUT2D eigenvalue weighted by Gasteiger charge is 2.53. The van der Waals surface area contributed by atoms with Gasteiger partial charge in [-0.2, -0.15) is 5.26 Å². The lowest BCUT2D eigenvalue weighted by molar-refractivity contribution is 0.0306. The first-order chi connectivity index (χ1) is 22.2. The molecule has 0 radical (unpaired) electrons. The number of nitriles is 1. The van der Waals surface area contributed by atoms with E-state index in [-0.39, 0.29) is 22.5 Å². The number of benzene rings is 3. The Hall–Kier alpha value is -3.94. The van der Waals surface area contributed by atoms with Crippen molar-refractivity contribution in [1.29, 1.82) is 5.26 Å². The topological polar surface area (TPSA) is 103 Å². The van der Waals surface area contributed by atoms with Crippen molar-refractivity contribution < 1.29 is 22.3 Å². The summed E-state index contributed by atoms with van der Waals surface area (Å²) >= 11 is 0. The summed E-state index contributed by atoms with van der Waals surface area (Å²) in [6.07, 6.45) is 3.02. The Bertz CT molecular complexity index is 1670. The molecule has 0 spiro atoms. The Morgan fingerprint density at radius 1 is 0.978 bits per heavy atom. The first-order valence-electron chi connectivity index (χ1n) is 16.2. The van der Waals surface area contributed by atoms with Crippen molar-refractivity contribution in [2.45, 2.75) is 53.4 Å². The van der Waals surface area contributed by atoms with E-state index in [9.17, 15) is 22.9 Å². The molecule has 1 saturated carbocycles. The second-order valence-electron chi connectivity index (χ2n) is 12.9. The summed E-state index contributed by atoms with van der Waals surface area (Å²) in [5.74, 6) is -0.0628. The van der Waals surface area contributed by atoms with Gasteiger partial charge in [0.05, 0.1) is 21.3 Å². The highest BCUT2D eigenvalue weighted by Crippen LogP contribution is 2.51. The van der Waals surface area contributed by atoms with Crippen LogP contribution in [-0.2, 0) is 20.0 Å². The zero-order valence-electron chi connectivity index (χ0n) is 26.1. The third-order valence-corrected chi connectivity index (χ3v) is 12.0. The van der Waals surface area contributed by atoms with Crippen molar-refractivity contribution in [1.82, 2.24) is 10.2 Å². The lowest BCUT2D eigenvalue weighted by Crippen LogP contribution is -2.54. The molecular formula is C36H41FN4O4S. The Labute approximate surface area is 271 Å². The van der Waals surface area contributed by atoms with Gasteiger partial charge in [-0.25, -0.2) is 17.6 Å². The molecule has 1 N–H and O–H groups in total. The SMILES string of the molecule is CNC(=O)OC1CCC[C@@H]1[C@@](C#N)(c1cccc(F)c1)C1CCN(CC2CN(c3ccc(S(=O)(=O)c4ccccc4)cc3)C2)CC1. The minimum atomic E-state index is -3.54. The van der Waals surface area contributed by atoms with E-state index in [1.165, 1.54) is 19.2 Å². The molecule has 1 aliphatic carbocycles.